The number of fused-ring (bicyclic) bond motifs is 10. The highest BCUT2D eigenvalue weighted by Crippen LogP contribution is 2.53. The maximum Gasteiger partial charge on any atom is 0.408 e. The van der Waals surface area contributed by atoms with Crippen molar-refractivity contribution in [1.29, 1.82) is 0 Å². The molecule has 4 aliphatic carbocycles. The molecule has 20 heteroatoms. The van der Waals surface area contributed by atoms with Gasteiger partial charge in [-0.05, 0) is 65.2 Å². The molecule has 0 aliphatic heterocycles. The highest BCUT2D eigenvalue weighted by molar-refractivity contribution is 6.03. The van der Waals surface area contributed by atoms with Gasteiger partial charge in [-0.2, -0.15) is 26.3 Å². The molecule has 4 aliphatic rings. The fraction of sp³-hybridized carbons (Fsp3) is 0.500. The quantitative estimate of drug-likeness (QED) is 0.130. The van der Waals surface area contributed by atoms with Gasteiger partial charge in [0.05, 0.1) is 34.1 Å². The van der Waals surface area contributed by atoms with Crippen molar-refractivity contribution in [3.8, 4) is 22.5 Å². The van der Waals surface area contributed by atoms with Crippen molar-refractivity contribution in [3.63, 3.8) is 0 Å². The summed E-state index contributed by atoms with van der Waals surface area (Å²) in [6.45, 7) is 2.16. The second-order valence-corrected chi connectivity index (χ2v) is 15.0. The molecule has 296 valence electrons. The zero-order valence-electron chi connectivity index (χ0n) is 30.0. The van der Waals surface area contributed by atoms with E-state index in [2.05, 4.69) is 30.2 Å². The van der Waals surface area contributed by atoms with Gasteiger partial charge in [0.15, 0.2) is 0 Å². The van der Waals surface area contributed by atoms with Gasteiger partial charge in [0.2, 0.25) is 0 Å². The topological polar surface area (TPSA) is 206 Å². The van der Waals surface area contributed by atoms with E-state index in [1.807, 2.05) is 0 Å². The molecule has 56 heavy (non-hydrogen) atoms. The molecule has 0 saturated heterocycles. The number of nitrogen functional groups attached to an aromatic ring is 2. The van der Waals surface area contributed by atoms with Crippen molar-refractivity contribution >= 4 is 33.7 Å². The Morgan fingerprint density at radius 2 is 1.02 bits per heavy atom. The fourth-order valence-electron chi connectivity index (χ4n) is 8.28. The molecule has 2 fully saturated rings. The summed E-state index contributed by atoms with van der Waals surface area (Å²) >= 11 is 0. The number of anilines is 2. The number of nitrogens with two attached hydrogens (primary N) is 2. The summed E-state index contributed by atoms with van der Waals surface area (Å²) in [6.07, 6.45) is -3.61. The molecule has 0 amide bonds. The van der Waals surface area contributed by atoms with Crippen LogP contribution < -0.4 is 11.5 Å². The lowest BCUT2D eigenvalue weighted by Gasteiger charge is -2.21. The zero-order valence-corrected chi connectivity index (χ0v) is 30.0. The second kappa shape index (κ2) is 12.6. The fourth-order valence-corrected chi connectivity index (χ4v) is 8.28. The Balaban J connectivity index is 0.000000146. The van der Waals surface area contributed by atoms with Crippen LogP contribution in [-0.2, 0) is 12.8 Å². The molecule has 6 aromatic rings. The van der Waals surface area contributed by atoms with Crippen LogP contribution in [0, 0.1) is 0 Å². The molecular weight excluding hydrogens is 750 g/mol. The van der Waals surface area contributed by atoms with Crippen molar-refractivity contribution in [1.82, 2.24) is 39.4 Å². The third kappa shape index (κ3) is 5.61. The van der Waals surface area contributed by atoms with Gasteiger partial charge in [-0.25, -0.2) is 19.9 Å². The van der Waals surface area contributed by atoms with E-state index < -0.39 is 36.6 Å². The van der Waals surface area contributed by atoms with Crippen LogP contribution >= 0.6 is 0 Å². The van der Waals surface area contributed by atoms with Crippen LogP contribution in [0.1, 0.15) is 123 Å². The number of halogens is 6. The van der Waals surface area contributed by atoms with Crippen LogP contribution in [-0.4, -0.2) is 61.9 Å². The Morgan fingerprint density at radius 1 is 0.643 bits per heavy atom. The summed E-state index contributed by atoms with van der Waals surface area (Å²) in [6, 6.07) is -3.64. The second-order valence-electron chi connectivity index (χ2n) is 15.0. The van der Waals surface area contributed by atoms with Gasteiger partial charge in [0.1, 0.15) is 70.6 Å². The van der Waals surface area contributed by atoms with Gasteiger partial charge < -0.3 is 39.9 Å². The smallest absolute Gasteiger partial charge is 0.388 e. The van der Waals surface area contributed by atoms with E-state index in [1.54, 1.807) is 0 Å². The molecule has 4 atom stereocenters. The number of alkyl halides is 6. The zero-order chi connectivity index (χ0) is 39.6. The van der Waals surface area contributed by atoms with Gasteiger partial charge in [-0.1, -0.05) is 10.3 Å². The Morgan fingerprint density at radius 3 is 1.36 bits per heavy atom. The molecule has 0 aromatic carbocycles. The molecule has 6 aromatic heterocycles. The minimum atomic E-state index is -4.48. The molecule has 6 heterocycles. The largest absolute Gasteiger partial charge is 0.408 e. The van der Waals surface area contributed by atoms with Gasteiger partial charge >= 0.3 is 12.4 Å². The van der Waals surface area contributed by atoms with Crippen LogP contribution in [0.15, 0.2) is 21.7 Å². The molecule has 0 unspecified atom stereocenters. The first-order valence-corrected chi connectivity index (χ1v) is 18.3. The highest BCUT2D eigenvalue weighted by Gasteiger charge is 2.45. The molecule has 2 saturated carbocycles. The predicted molar refractivity (Wildman–Crippen MR) is 187 cm³/mol. The Labute approximate surface area is 312 Å². The molecular formula is C36H36F6N10O4. The van der Waals surface area contributed by atoms with Crippen LogP contribution in [0.2, 0.25) is 0 Å². The Kier molecular flexibility index (Phi) is 8.21. The molecule has 14 nitrogen and oxygen atoms in total. The minimum absolute atomic E-state index is 0.0766. The van der Waals surface area contributed by atoms with Crippen LogP contribution in [0.4, 0.5) is 38.0 Å². The Hall–Kier alpha value is -5.24. The first-order chi connectivity index (χ1) is 26.6. The average Bonchev–Trinajstić information content (AvgIpc) is 4.04. The first kappa shape index (κ1) is 36.4. The average molecular weight is 787 g/mol. The van der Waals surface area contributed by atoms with Crippen molar-refractivity contribution in [3.05, 3.63) is 46.7 Å². The number of aromatic nitrogens is 8. The standard InChI is InChI=1S/2C18H18F3N5O2/c2*1-7(18(19,20)21)26-9-4-5-10(27)12-14(25-28-15(12)8-2-3-8)11(9)13-16(22)23-6-24-17(13)26/h2*6-8,10,27H,2-5H2,1H3,(H2,22,23,24)/t7-,10+;7-,10-/m00/s1. The number of hydrogen-bond acceptors (Lipinski definition) is 12. The van der Waals surface area contributed by atoms with E-state index in [4.69, 9.17) is 20.5 Å². The van der Waals surface area contributed by atoms with Gasteiger partial charge in [-0.15, -0.1) is 0 Å². The maximum atomic E-state index is 13.6. The number of aliphatic hydroxyl groups is 2. The number of aliphatic hydroxyl groups excluding tert-OH is 2. The van der Waals surface area contributed by atoms with Crippen molar-refractivity contribution < 1.29 is 45.6 Å². The highest BCUT2D eigenvalue weighted by atomic mass is 19.4. The normalized spacial score (nSPS) is 20.7. The summed E-state index contributed by atoms with van der Waals surface area (Å²) in [5.74, 6) is 1.79. The summed E-state index contributed by atoms with van der Waals surface area (Å²) in [5, 5.41) is 30.4. The molecule has 6 N–H and O–H groups in total. The lowest BCUT2D eigenvalue weighted by atomic mass is 10.0. The van der Waals surface area contributed by atoms with Gasteiger partial charge in [-0.3, -0.25) is 0 Å². The third-order valence-electron chi connectivity index (χ3n) is 11.4. The number of rotatable bonds is 4. The maximum absolute atomic E-state index is 13.6. The lowest BCUT2D eigenvalue weighted by molar-refractivity contribution is -0.163. The van der Waals surface area contributed by atoms with Gasteiger partial charge in [0.25, 0.3) is 0 Å². The van der Waals surface area contributed by atoms with E-state index >= 15 is 0 Å². The molecule has 0 bridgehead atoms. The summed E-state index contributed by atoms with van der Waals surface area (Å²) in [4.78, 5) is 16.2. The van der Waals surface area contributed by atoms with E-state index in [1.165, 1.54) is 0 Å². The van der Waals surface area contributed by atoms with E-state index in [9.17, 15) is 36.6 Å². The molecule has 10 rings (SSSR count). The Bertz CT molecular complexity index is 2340. The van der Waals surface area contributed by atoms with Gasteiger partial charge in [0, 0.05) is 34.4 Å². The predicted octanol–water partition coefficient (Wildman–Crippen LogP) is 7.30. The minimum Gasteiger partial charge on any atom is -0.388 e. The van der Waals surface area contributed by atoms with E-state index in [0.29, 0.717) is 67.3 Å². The van der Waals surface area contributed by atoms with E-state index in [-0.39, 0.29) is 60.4 Å². The van der Waals surface area contributed by atoms with Crippen molar-refractivity contribution in [2.24, 2.45) is 0 Å². The lowest BCUT2D eigenvalue weighted by Crippen LogP contribution is -2.25. The third-order valence-corrected chi connectivity index (χ3v) is 11.4. The monoisotopic (exact) mass is 786 g/mol. The SMILES string of the molecule is C[C@H](n1c2c(c3c(N)ncnc31)-c1noc(C3CC3)c1[C@@H](O)CC2)C(F)(F)F.C[C@H](n1c2c(c3c(N)ncnc31)-c1noc(C3CC3)c1[C@H](O)CC2)C(F)(F)F. The van der Waals surface area contributed by atoms with Crippen molar-refractivity contribution in [2.75, 3.05) is 11.5 Å². The van der Waals surface area contributed by atoms with Crippen LogP contribution in [0.5, 0.6) is 0 Å². The molecule has 0 spiro atoms. The van der Waals surface area contributed by atoms with E-state index in [0.717, 1.165) is 61.3 Å². The summed E-state index contributed by atoms with van der Waals surface area (Å²) in [7, 11) is 0. The molecule has 0 radical (unpaired) electrons. The summed E-state index contributed by atoms with van der Waals surface area (Å²) < 4.78 is 95.1. The number of nitrogens with zero attached hydrogens (tertiary/aromatic N) is 8. The van der Waals surface area contributed by atoms with Crippen molar-refractivity contribution in [2.45, 2.75) is 114 Å². The summed E-state index contributed by atoms with van der Waals surface area (Å²) in [5.41, 5.74) is 15.8. The number of hydrogen-bond donors (Lipinski definition) is 4. The first-order valence-electron chi connectivity index (χ1n) is 18.3. The van der Waals surface area contributed by atoms with Crippen LogP contribution in [0.3, 0.4) is 0 Å². The van der Waals surface area contributed by atoms with Crippen LogP contribution in [0.25, 0.3) is 44.6 Å².